The number of ether oxygens (including phenoxy) is 1. The number of hydrogen-bond acceptors (Lipinski definition) is 3. The second kappa shape index (κ2) is 9.55. The Balaban J connectivity index is 2.00. The van der Waals surface area contributed by atoms with Crippen molar-refractivity contribution in [1.29, 1.82) is 0 Å². The van der Waals surface area contributed by atoms with Crippen molar-refractivity contribution in [1.82, 2.24) is 15.6 Å². The number of benzene rings is 1. The van der Waals surface area contributed by atoms with E-state index in [1.54, 1.807) is 6.20 Å². The second-order valence-corrected chi connectivity index (χ2v) is 5.41. The second-order valence-electron chi connectivity index (χ2n) is 5.41. The summed E-state index contributed by atoms with van der Waals surface area (Å²) in [4.78, 5) is 8.82. The Labute approximate surface area is 144 Å². The molecule has 0 fully saturated rings. The zero-order chi connectivity index (χ0) is 17.2. The zero-order valence-corrected chi connectivity index (χ0v) is 14.7. The molecule has 0 saturated carbocycles. The molecular formula is C19H26N4O. The smallest absolute Gasteiger partial charge is 0.213 e. The third-order valence-electron chi connectivity index (χ3n) is 3.56. The fraction of sp³-hybridized carbons (Fsp3) is 0.368. The molecule has 24 heavy (non-hydrogen) atoms. The minimum Gasteiger partial charge on any atom is -0.478 e. The normalized spacial score (nSPS) is 11.2. The monoisotopic (exact) mass is 326 g/mol. The predicted octanol–water partition coefficient (Wildman–Crippen LogP) is 3.04. The summed E-state index contributed by atoms with van der Waals surface area (Å²) >= 11 is 0. The van der Waals surface area contributed by atoms with Gasteiger partial charge in [0.1, 0.15) is 0 Å². The first-order valence-electron chi connectivity index (χ1n) is 8.37. The number of nitrogens with one attached hydrogen (secondary N) is 2. The number of pyridine rings is 1. The summed E-state index contributed by atoms with van der Waals surface area (Å²) in [6.07, 6.45) is 1.75. The standard InChI is InChI=1S/C19H26N4O/c1-4-20-19(23-14-17-9-7-6-8-15(17)3)22-13-16-10-11-21-18(12-16)24-5-2/h6-12H,4-5,13-14H2,1-3H3,(H2,20,22,23). The molecule has 0 radical (unpaired) electrons. The van der Waals surface area contributed by atoms with E-state index in [1.807, 2.05) is 19.1 Å². The van der Waals surface area contributed by atoms with E-state index in [4.69, 9.17) is 4.74 Å². The highest BCUT2D eigenvalue weighted by molar-refractivity contribution is 5.79. The minimum atomic E-state index is 0.575. The Hall–Kier alpha value is -2.56. The van der Waals surface area contributed by atoms with E-state index in [0.717, 1.165) is 24.6 Å². The van der Waals surface area contributed by atoms with Gasteiger partial charge < -0.3 is 15.4 Å². The summed E-state index contributed by atoms with van der Waals surface area (Å²) in [6, 6.07) is 12.2. The maximum atomic E-state index is 5.43. The van der Waals surface area contributed by atoms with E-state index in [0.29, 0.717) is 19.0 Å². The van der Waals surface area contributed by atoms with Crippen molar-refractivity contribution in [2.45, 2.75) is 33.9 Å². The van der Waals surface area contributed by atoms with Crippen molar-refractivity contribution in [2.24, 2.45) is 4.99 Å². The van der Waals surface area contributed by atoms with Crippen molar-refractivity contribution in [3.05, 3.63) is 59.3 Å². The summed E-state index contributed by atoms with van der Waals surface area (Å²) in [6.45, 7) is 8.88. The van der Waals surface area contributed by atoms with Gasteiger partial charge in [-0.2, -0.15) is 0 Å². The Kier molecular flexibility index (Phi) is 7.08. The van der Waals surface area contributed by atoms with Gasteiger partial charge in [0.2, 0.25) is 5.88 Å². The van der Waals surface area contributed by atoms with Gasteiger partial charge in [0.25, 0.3) is 0 Å². The first-order valence-corrected chi connectivity index (χ1v) is 8.37. The molecule has 1 aromatic heterocycles. The molecule has 1 heterocycles. The van der Waals surface area contributed by atoms with Crippen molar-refractivity contribution < 1.29 is 4.74 Å². The lowest BCUT2D eigenvalue weighted by Gasteiger charge is -2.13. The summed E-state index contributed by atoms with van der Waals surface area (Å²) in [5.41, 5.74) is 3.61. The van der Waals surface area contributed by atoms with Gasteiger partial charge in [-0.05, 0) is 43.5 Å². The van der Waals surface area contributed by atoms with Crippen LogP contribution in [0.15, 0.2) is 47.6 Å². The largest absolute Gasteiger partial charge is 0.478 e. The molecule has 0 spiro atoms. The molecule has 5 nitrogen and oxygen atoms in total. The molecule has 0 bridgehead atoms. The molecule has 0 aliphatic rings. The van der Waals surface area contributed by atoms with Crippen LogP contribution in [-0.2, 0) is 13.1 Å². The van der Waals surface area contributed by atoms with E-state index in [1.165, 1.54) is 11.1 Å². The molecule has 2 N–H and O–H groups in total. The lowest BCUT2D eigenvalue weighted by Crippen LogP contribution is -2.36. The third kappa shape index (κ3) is 5.57. The number of hydrogen-bond donors (Lipinski definition) is 2. The number of aryl methyl sites for hydroxylation is 1. The Morgan fingerprint density at radius 2 is 2.00 bits per heavy atom. The van der Waals surface area contributed by atoms with Crippen LogP contribution in [0, 0.1) is 6.92 Å². The van der Waals surface area contributed by atoms with Gasteiger partial charge in [-0.3, -0.25) is 0 Å². The van der Waals surface area contributed by atoms with Crippen molar-refractivity contribution in [3.8, 4) is 5.88 Å². The van der Waals surface area contributed by atoms with Gasteiger partial charge in [-0.15, -0.1) is 0 Å². The molecule has 2 aromatic rings. The first kappa shape index (κ1) is 17.8. The SMILES string of the molecule is CCNC(=NCc1ccnc(OCC)c1)NCc1ccccc1C. The van der Waals surface area contributed by atoms with Crippen molar-refractivity contribution in [3.63, 3.8) is 0 Å². The van der Waals surface area contributed by atoms with E-state index >= 15 is 0 Å². The molecule has 0 unspecified atom stereocenters. The fourth-order valence-corrected chi connectivity index (χ4v) is 2.28. The molecule has 0 aliphatic carbocycles. The molecule has 0 amide bonds. The van der Waals surface area contributed by atoms with E-state index in [2.05, 4.69) is 58.7 Å². The molecular weight excluding hydrogens is 300 g/mol. The predicted molar refractivity (Wildman–Crippen MR) is 98.2 cm³/mol. The van der Waals surface area contributed by atoms with Crippen molar-refractivity contribution in [2.75, 3.05) is 13.2 Å². The average Bonchev–Trinajstić information content (AvgIpc) is 2.59. The summed E-state index contributed by atoms with van der Waals surface area (Å²) in [5.74, 6) is 1.44. The van der Waals surface area contributed by atoms with Gasteiger partial charge in [0.05, 0.1) is 13.2 Å². The van der Waals surface area contributed by atoms with Crippen LogP contribution in [0.4, 0.5) is 0 Å². The first-order chi connectivity index (χ1) is 11.7. The Morgan fingerprint density at radius 1 is 1.17 bits per heavy atom. The molecule has 5 heteroatoms. The van der Waals surface area contributed by atoms with E-state index < -0.39 is 0 Å². The number of rotatable bonds is 7. The van der Waals surface area contributed by atoms with Crippen LogP contribution in [0.5, 0.6) is 5.88 Å². The van der Waals surface area contributed by atoms with Crippen LogP contribution < -0.4 is 15.4 Å². The molecule has 0 aliphatic heterocycles. The maximum Gasteiger partial charge on any atom is 0.213 e. The molecule has 2 rings (SSSR count). The van der Waals surface area contributed by atoms with Crippen LogP contribution in [0.3, 0.4) is 0 Å². The quantitative estimate of drug-likeness (QED) is 0.606. The maximum absolute atomic E-state index is 5.43. The lowest BCUT2D eigenvalue weighted by molar-refractivity contribution is 0.326. The highest BCUT2D eigenvalue weighted by Crippen LogP contribution is 2.10. The lowest BCUT2D eigenvalue weighted by atomic mass is 10.1. The molecule has 0 atom stereocenters. The highest BCUT2D eigenvalue weighted by atomic mass is 16.5. The van der Waals surface area contributed by atoms with Crippen LogP contribution >= 0.6 is 0 Å². The molecule has 128 valence electrons. The third-order valence-corrected chi connectivity index (χ3v) is 3.56. The number of aliphatic imine (C=N–C) groups is 1. The zero-order valence-electron chi connectivity index (χ0n) is 14.7. The van der Waals surface area contributed by atoms with Crippen LogP contribution in [-0.4, -0.2) is 24.1 Å². The van der Waals surface area contributed by atoms with Crippen LogP contribution in [0.25, 0.3) is 0 Å². The summed E-state index contributed by atoms with van der Waals surface area (Å²) in [7, 11) is 0. The minimum absolute atomic E-state index is 0.575. The Bertz CT molecular complexity index is 670. The highest BCUT2D eigenvalue weighted by Gasteiger charge is 2.02. The topological polar surface area (TPSA) is 58.5 Å². The number of aromatic nitrogens is 1. The van der Waals surface area contributed by atoms with E-state index in [9.17, 15) is 0 Å². The molecule has 0 saturated heterocycles. The number of guanidine groups is 1. The van der Waals surface area contributed by atoms with Gasteiger partial charge in [-0.25, -0.2) is 9.98 Å². The van der Waals surface area contributed by atoms with Gasteiger partial charge in [-0.1, -0.05) is 24.3 Å². The Morgan fingerprint density at radius 3 is 2.75 bits per heavy atom. The fourth-order valence-electron chi connectivity index (χ4n) is 2.28. The molecule has 1 aromatic carbocycles. The summed E-state index contributed by atoms with van der Waals surface area (Å²) in [5, 5.41) is 6.65. The van der Waals surface area contributed by atoms with Gasteiger partial charge in [0.15, 0.2) is 5.96 Å². The average molecular weight is 326 g/mol. The van der Waals surface area contributed by atoms with Crippen LogP contribution in [0.1, 0.15) is 30.5 Å². The summed E-state index contributed by atoms with van der Waals surface area (Å²) < 4.78 is 5.43. The van der Waals surface area contributed by atoms with Crippen LogP contribution in [0.2, 0.25) is 0 Å². The van der Waals surface area contributed by atoms with E-state index in [-0.39, 0.29) is 0 Å². The van der Waals surface area contributed by atoms with Crippen molar-refractivity contribution >= 4 is 5.96 Å². The number of nitrogens with zero attached hydrogens (tertiary/aromatic N) is 2. The van der Waals surface area contributed by atoms with Gasteiger partial charge >= 0.3 is 0 Å². The van der Waals surface area contributed by atoms with Gasteiger partial charge in [0, 0.05) is 25.4 Å².